The SMILES string of the molecule is CC(C)CNC(=O)[C@H](C)N(Cc1ccc(Cl)c(Cl)c1)C(=O)COc1ccc(Cl)cc1Cl. The van der Waals surface area contributed by atoms with Gasteiger partial charge in [-0.1, -0.05) is 66.3 Å². The Hall–Kier alpha value is -1.66. The van der Waals surface area contributed by atoms with Crippen molar-refractivity contribution in [1.29, 1.82) is 0 Å². The van der Waals surface area contributed by atoms with Crippen LogP contribution in [0.25, 0.3) is 0 Å². The van der Waals surface area contributed by atoms with Crippen LogP contribution in [-0.2, 0) is 16.1 Å². The molecule has 1 N–H and O–H groups in total. The van der Waals surface area contributed by atoms with Crippen molar-refractivity contribution in [3.63, 3.8) is 0 Å². The van der Waals surface area contributed by atoms with Crippen LogP contribution in [0, 0.1) is 5.92 Å². The van der Waals surface area contributed by atoms with E-state index >= 15 is 0 Å². The molecule has 0 aliphatic carbocycles. The Bertz CT molecular complexity index is 937. The van der Waals surface area contributed by atoms with E-state index in [0.29, 0.717) is 32.4 Å². The fourth-order valence-corrected chi connectivity index (χ4v) is 3.47. The summed E-state index contributed by atoms with van der Waals surface area (Å²) in [6.07, 6.45) is 0. The maximum Gasteiger partial charge on any atom is 0.261 e. The van der Waals surface area contributed by atoms with Crippen molar-refractivity contribution in [2.24, 2.45) is 5.92 Å². The van der Waals surface area contributed by atoms with Crippen LogP contribution in [0.2, 0.25) is 20.1 Å². The van der Waals surface area contributed by atoms with E-state index in [4.69, 9.17) is 51.1 Å². The number of halogens is 4. The first-order chi connectivity index (χ1) is 14.6. The van der Waals surface area contributed by atoms with E-state index in [1.54, 1.807) is 37.3 Å². The standard InChI is InChI=1S/C22H24Cl4N2O3/c1-13(2)10-27-22(30)14(3)28(11-15-4-6-17(24)18(25)8-15)21(29)12-31-20-7-5-16(23)9-19(20)26/h4-9,13-14H,10-12H2,1-3H3,(H,27,30)/t14-/m0/s1. The molecule has 1 atom stereocenters. The third-order valence-electron chi connectivity index (χ3n) is 4.43. The lowest BCUT2D eigenvalue weighted by atomic mass is 10.1. The third kappa shape index (κ3) is 7.76. The maximum atomic E-state index is 13.0. The quantitative estimate of drug-likeness (QED) is 0.463. The van der Waals surface area contributed by atoms with Gasteiger partial charge in [0.05, 0.1) is 15.1 Å². The predicted octanol–water partition coefficient (Wildman–Crippen LogP) is 5.87. The molecular formula is C22H24Cl4N2O3. The first-order valence-corrected chi connectivity index (χ1v) is 11.2. The molecule has 0 spiro atoms. The lowest BCUT2D eigenvalue weighted by molar-refractivity contribution is -0.142. The average Bonchev–Trinajstić information content (AvgIpc) is 2.71. The van der Waals surface area contributed by atoms with Crippen LogP contribution in [-0.4, -0.2) is 35.9 Å². The van der Waals surface area contributed by atoms with Gasteiger partial charge in [0.15, 0.2) is 6.61 Å². The van der Waals surface area contributed by atoms with E-state index in [1.807, 2.05) is 13.8 Å². The minimum atomic E-state index is -0.731. The zero-order chi connectivity index (χ0) is 23.1. The zero-order valence-corrected chi connectivity index (χ0v) is 20.4. The molecule has 0 aliphatic heterocycles. The highest BCUT2D eigenvalue weighted by molar-refractivity contribution is 6.42. The van der Waals surface area contributed by atoms with Gasteiger partial charge in [-0.25, -0.2) is 0 Å². The van der Waals surface area contributed by atoms with Crippen molar-refractivity contribution in [2.75, 3.05) is 13.2 Å². The molecule has 0 saturated heterocycles. The van der Waals surface area contributed by atoms with Crippen molar-refractivity contribution in [3.05, 3.63) is 62.1 Å². The maximum absolute atomic E-state index is 13.0. The molecule has 0 aromatic heterocycles. The number of nitrogens with one attached hydrogen (secondary N) is 1. The minimum Gasteiger partial charge on any atom is -0.482 e. The van der Waals surface area contributed by atoms with Crippen molar-refractivity contribution in [1.82, 2.24) is 10.2 Å². The highest BCUT2D eigenvalue weighted by Gasteiger charge is 2.27. The molecule has 2 aromatic rings. The van der Waals surface area contributed by atoms with Gasteiger partial charge in [0, 0.05) is 18.1 Å². The van der Waals surface area contributed by atoms with Crippen molar-refractivity contribution >= 4 is 58.2 Å². The van der Waals surface area contributed by atoms with Crippen molar-refractivity contribution in [3.8, 4) is 5.75 Å². The number of ether oxygens (including phenoxy) is 1. The monoisotopic (exact) mass is 504 g/mol. The van der Waals surface area contributed by atoms with Gasteiger partial charge >= 0.3 is 0 Å². The molecule has 0 bridgehead atoms. The average molecular weight is 506 g/mol. The highest BCUT2D eigenvalue weighted by Crippen LogP contribution is 2.28. The van der Waals surface area contributed by atoms with Crippen LogP contribution in [0.3, 0.4) is 0 Å². The summed E-state index contributed by atoms with van der Waals surface area (Å²) in [4.78, 5) is 27.1. The van der Waals surface area contributed by atoms with Gasteiger partial charge in [0.25, 0.3) is 5.91 Å². The Morgan fingerprint density at radius 2 is 1.68 bits per heavy atom. The van der Waals surface area contributed by atoms with E-state index in [1.165, 1.54) is 11.0 Å². The Morgan fingerprint density at radius 3 is 2.29 bits per heavy atom. The lowest BCUT2D eigenvalue weighted by Gasteiger charge is -2.29. The molecule has 5 nitrogen and oxygen atoms in total. The Kier molecular flexibility index (Phi) is 9.76. The molecule has 0 radical (unpaired) electrons. The van der Waals surface area contributed by atoms with Crippen molar-refractivity contribution < 1.29 is 14.3 Å². The number of carbonyl (C=O) groups is 2. The zero-order valence-electron chi connectivity index (χ0n) is 17.4. The fourth-order valence-electron chi connectivity index (χ4n) is 2.68. The largest absolute Gasteiger partial charge is 0.482 e. The summed E-state index contributed by atoms with van der Waals surface area (Å²) in [5, 5.41) is 4.38. The molecule has 31 heavy (non-hydrogen) atoms. The summed E-state index contributed by atoms with van der Waals surface area (Å²) in [7, 11) is 0. The number of hydrogen-bond donors (Lipinski definition) is 1. The van der Waals surface area contributed by atoms with Gasteiger partial charge in [-0.15, -0.1) is 0 Å². The molecule has 168 valence electrons. The smallest absolute Gasteiger partial charge is 0.261 e. The van der Waals surface area contributed by atoms with E-state index in [-0.39, 0.29) is 30.9 Å². The summed E-state index contributed by atoms with van der Waals surface area (Å²) in [5.41, 5.74) is 0.732. The predicted molar refractivity (Wildman–Crippen MR) is 126 cm³/mol. The summed E-state index contributed by atoms with van der Waals surface area (Å²) in [6.45, 7) is 6.02. The molecule has 0 unspecified atom stereocenters. The van der Waals surface area contributed by atoms with E-state index in [2.05, 4.69) is 5.32 Å². The molecule has 0 fully saturated rings. The van der Waals surface area contributed by atoms with Crippen LogP contribution in [0.5, 0.6) is 5.75 Å². The second kappa shape index (κ2) is 11.8. The lowest BCUT2D eigenvalue weighted by Crippen LogP contribution is -2.49. The first-order valence-electron chi connectivity index (χ1n) is 9.67. The van der Waals surface area contributed by atoms with E-state index < -0.39 is 6.04 Å². The topological polar surface area (TPSA) is 58.6 Å². The normalized spacial score (nSPS) is 11.9. The van der Waals surface area contributed by atoms with Crippen LogP contribution < -0.4 is 10.1 Å². The minimum absolute atomic E-state index is 0.156. The summed E-state index contributed by atoms with van der Waals surface area (Å²) in [6, 6.07) is 9.06. The molecule has 2 rings (SSSR count). The van der Waals surface area contributed by atoms with Gasteiger partial charge in [-0.3, -0.25) is 9.59 Å². The van der Waals surface area contributed by atoms with Crippen LogP contribution in [0.4, 0.5) is 0 Å². The van der Waals surface area contributed by atoms with Gasteiger partial charge in [0.2, 0.25) is 5.91 Å². The number of hydrogen-bond acceptors (Lipinski definition) is 3. The molecular weight excluding hydrogens is 482 g/mol. The molecule has 0 aliphatic rings. The third-order valence-corrected chi connectivity index (χ3v) is 5.70. The van der Waals surface area contributed by atoms with E-state index in [0.717, 1.165) is 5.56 Å². The fraction of sp³-hybridized carbons (Fsp3) is 0.364. The summed E-state index contributed by atoms with van der Waals surface area (Å²) >= 11 is 24.1. The molecule has 9 heteroatoms. The summed E-state index contributed by atoms with van der Waals surface area (Å²) < 4.78 is 5.58. The second-order valence-electron chi connectivity index (χ2n) is 7.45. The number of benzene rings is 2. The number of nitrogens with zero attached hydrogens (tertiary/aromatic N) is 1. The first kappa shape index (κ1) is 25.6. The van der Waals surface area contributed by atoms with E-state index in [9.17, 15) is 9.59 Å². The molecule has 0 heterocycles. The van der Waals surface area contributed by atoms with Gasteiger partial charge in [0.1, 0.15) is 11.8 Å². The van der Waals surface area contributed by atoms with Gasteiger partial charge < -0.3 is 15.0 Å². The highest BCUT2D eigenvalue weighted by atomic mass is 35.5. The number of carbonyl (C=O) groups excluding carboxylic acids is 2. The second-order valence-corrected chi connectivity index (χ2v) is 9.11. The van der Waals surface area contributed by atoms with Crippen molar-refractivity contribution in [2.45, 2.75) is 33.4 Å². The van der Waals surface area contributed by atoms with Crippen LogP contribution in [0.15, 0.2) is 36.4 Å². The molecule has 2 aromatic carbocycles. The van der Waals surface area contributed by atoms with Crippen LogP contribution in [0.1, 0.15) is 26.3 Å². The van der Waals surface area contributed by atoms with Gasteiger partial charge in [-0.2, -0.15) is 0 Å². The van der Waals surface area contributed by atoms with Crippen LogP contribution >= 0.6 is 46.4 Å². The Labute approximate surface area is 202 Å². The summed E-state index contributed by atoms with van der Waals surface area (Å²) in [5.74, 6) is -0.0347. The molecule has 0 saturated carbocycles. The molecule has 2 amide bonds. The Morgan fingerprint density at radius 1 is 0.968 bits per heavy atom. The van der Waals surface area contributed by atoms with Gasteiger partial charge in [-0.05, 0) is 48.7 Å². The number of amides is 2. The Balaban J connectivity index is 2.18. The number of rotatable bonds is 9.